The van der Waals surface area contributed by atoms with Crippen LogP contribution in [0.15, 0.2) is 34.1 Å². The average Bonchev–Trinajstić information content (AvgIpc) is 2.60. The molecular formula is C20H24O4S. The highest BCUT2D eigenvalue weighted by Crippen LogP contribution is 2.41. The molecule has 0 bridgehead atoms. The van der Waals surface area contributed by atoms with E-state index in [1.54, 1.807) is 25.8 Å². The summed E-state index contributed by atoms with van der Waals surface area (Å²) in [7, 11) is 1.63. The van der Waals surface area contributed by atoms with Crippen molar-refractivity contribution in [1.82, 2.24) is 0 Å². The molecule has 0 aliphatic carbocycles. The smallest absolute Gasteiger partial charge is 0.342 e. The Morgan fingerprint density at radius 3 is 2.28 bits per heavy atom. The fourth-order valence-corrected chi connectivity index (χ4v) is 3.88. The summed E-state index contributed by atoms with van der Waals surface area (Å²) in [6, 6.07) is 7.76. The van der Waals surface area contributed by atoms with Gasteiger partial charge >= 0.3 is 5.97 Å². The Morgan fingerprint density at radius 2 is 1.76 bits per heavy atom. The minimum absolute atomic E-state index is 0.0371. The van der Waals surface area contributed by atoms with E-state index < -0.39 is 5.97 Å². The number of methoxy groups -OCH3 is 1. The van der Waals surface area contributed by atoms with E-state index in [4.69, 9.17) is 9.47 Å². The molecule has 134 valence electrons. The lowest BCUT2D eigenvalue weighted by Gasteiger charge is -2.19. The largest absolute Gasteiger partial charge is 0.507 e. The van der Waals surface area contributed by atoms with E-state index in [1.807, 2.05) is 45.0 Å². The number of ether oxygens (including phenoxy) is 2. The molecular weight excluding hydrogens is 336 g/mol. The third kappa shape index (κ3) is 3.93. The fraction of sp³-hybridized carbons (Fsp3) is 0.350. The van der Waals surface area contributed by atoms with Crippen LogP contribution in [0, 0.1) is 13.8 Å². The van der Waals surface area contributed by atoms with Gasteiger partial charge in [-0.15, -0.1) is 0 Å². The first kappa shape index (κ1) is 19.2. The van der Waals surface area contributed by atoms with E-state index in [-0.39, 0.29) is 17.9 Å². The minimum Gasteiger partial charge on any atom is -0.507 e. The predicted molar refractivity (Wildman–Crippen MR) is 100 cm³/mol. The van der Waals surface area contributed by atoms with Crippen LogP contribution in [-0.4, -0.2) is 24.8 Å². The molecule has 0 aliphatic heterocycles. The summed E-state index contributed by atoms with van der Waals surface area (Å²) in [6.07, 6.45) is 0.639. The monoisotopic (exact) mass is 360 g/mol. The number of carbonyl (C=O) groups is 1. The number of aromatic hydroxyl groups is 1. The van der Waals surface area contributed by atoms with Crippen LogP contribution in [0.2, 0.25) is 0 Å². The summed E-state index contributed by atoms with van der Waals surface area (Å²) in [5.41, 5.74) is 2.78. The SMILES string of the molecule is CCOC(=O)c1c(C)c(Sc2ccc(OC)cc2)c(C)c(CC)c1O. The van der Waals surface area contributed by atoms with E-state index in [9.17, 15) is 9.90 Å². The standard InChI is InChI=1S/C20H24O4S/c1-6-16-12(3)19(25-15-10-8-14(23-5)9-11-15)13(4)17(18(16)21)20(22)24-7-2/h8-11,21H,6-7H2,1-5H3. The molecule has 2 aromatic carbocycles. The third-order valence-electron chi connectivity index (χ3n) is 4.14. The second-order valence-electron chi connectivity index (χ2n) is 5.63. The van der Waals surface area contributed by atoms with Crippen molar-refractivity contribution in [3.8, 4) is 11.5 Å². The molecule has 0 saturated heterocycles. The number of phenolic OH excluding ortho intramolecular Hbond substituents is 1. The molecule has 0 amide bonds. The van der Waals surface area contributed by atoms with E-state index in [1.165, 1.54) is 0 Å². The Bertz CT molecular complexity index is 767. The molecule has 4 nitrogen and oxygen atoms in total. The predicted octanol–water partition coefficient (Wildman–Crippen LogP) is 4.91. The van der Waals surface area contributed by atoms with Gasteiger partial charge in [-0.3, -0.25) is 0 Å². The maximum absolute atomic E-state index is 12.3. The van der Waals surface area contributed by atoms with Gasteiger partial charge in [0.25, 0.3) is 0 Å². The van der Waals surface area contributed by atoms with Crippen LogP contribution < -0.4 is 4.74 Å². The fourth-order valence-electron chi connectivity index (χ4n) is 2.84. The Hall–Kier alpha value is -2.14. The lowest BCUT2D eigenvalue weighted by atomic mass is 9.96. The molecule has 0 unspecified atom stereocenters. The van der Waals surface area contributed by atoms with Crippen molar-refractivity contribution in [3.05, 3.63) is 46.5 Å². The first-order valence-corrected chi connectivity index (χ1v) is 9.10. The van der Waals surface area contributed by atoms with E-state index in [0.717, 1.165) is 32.2 Å². The highest BCUT2D eigenvalue weighted by molar-refractivity contribution is 7.99. The molecule has 0 spiro atoms. The summed E-state index contributed by atoms with van der Waals surface area (Å²) in [5, 5.41) is 10.6. The molecule has 0 fully saturated rings. The van der Waals surface area contributed by atoms with Crippen molar-refractivity contribution in [3.63, 3.8) is 0 Å². The molecule has 5 heteroatoms. The van der Waals surface area contributed by atoms with Crippen LogP contribution >= 0.6 is 11.8 Å². The molecule has 0 saturated carbocycles. The molecule has 2 aromatic rings. The van der Waals surface area contributed by atoms with Crippen molar-refractivity contribution in [2.24, 2.45) is 0 Å². The van der Waals surface area contributed by atoms with Crippen LogP contribution in [0.25, 0.3) is 0 Å². The number of esters is 1. The first-order valence-electron chi connectivity index (χ1n) is 8.28. The van der Waals surface area contributed by atoms with Gasteiger partial charge in [0.15, 0.2) is 0 Å². The normalized spacial score (nSPS) is 10.6. The summed E-state index contributed by atoms with van der Waals surface area (Å²) < 4.78 is 10.3. The lowest BCUT2D eigenvalue weighted by molar-refractivity contribution is 0.0521. The molecule has 0 aliphatic rings. The maximum atomic E-state index is 12.3. The van der Waals surface area contributed by atoms with Gasteiger partial charge in [0.2, 0.25) is 0 Å². The van der Waals surface area contributed by atoms with Crippen LogP contribution in [0.4, 0.5) is 0 Å². The summed E-state index contributed by atoms with van der Waals surface area (Å²) in [5.74, 6) is 0.351. The van der Waals surface area contributed by atoms with Crippen molar-refractivity contribution in [2.45, 2.75) is 43.9 Å². The third-order valence-corrected chi connectivity index (χ3v) is 5.47. The summed E-state index contributed by atoms with van der Waals surface area (Å²) >= 11 is 1.57. The molecule has 2 rings (SSSR count). The van der Waals surface area contributed by atoms with E-state index in [2.05, 4.69) is 0 Å². The Morgan fingerprint density at radius 1 is 1.12 bits per heavy atom. The van der Waals surface area contributed by atoms with Gasteiger partial charge < -0.3 is 14.6 Å². The average molecular weight is 360 g/mol. The van der Waals surface area contributed by atoms with Crippen molar-refractivity contribution in [1.29, 1.82) is 0 Å². The maximum Gasteiger partial charge on any atom is 0.342 e. The van der Waals surface area contributed by atoms with Crippen molar-refractivity contribution < 1.29 is 19.4 Å². The van der Waals surface area contributed by atoms with Crippen LogP contribution in [0.5, 0.6) is 11.5 Å². The number of hydrogen-bond acceptors (Lipinski definition) is 5. The molecule has 0 atom stereocenters. The zero-order valence-corrected chi connectivity index (χ0v) is 16.1. The highest BCUT2D eigenvalue weighted by Gasteiger charge is 2.24. The zero-order chi connectivity index (χ0) is 18.6. The molecule has 25 heavy (non-hydrogen) atoms. The second-order valence-corrected chi connectivity index (χ2v) is 6.72. The lowest BCUT2D eigenvalue weighted by Crippen LogP contribution is -2.10. The Kier molecular flexibility index (Phi) is 6.37. The zero-order valence-electron chi connectivity index (χ0n) is 15.3. The van der Waals surface area contributed by atoms with E-state index in [0.29, 0.717) is 6.42 Å². The minimum atomic E-state index is -0.483. The quantitative estimate of drug-likeness (QED) is 0.742. The van der Waals surface area contributed by atoms with Gasteiger partial charge in [0.1, 0.15) is 17.1 Å². The highest BCUT2D eigenvalue weighted by atomic mass is 32.2. The summed E-state index contributed by atoms with van der Waals surface area (Å²) in [4.78, 5) is 14.4. The van der Waals surface area contributed by atoms with Crippen molar-refractivity contribution >= 4 is 17.7 Å². The van der Waals surface area contributed by atoms with Gasteiger partial charge in [-0.25, -0.2) is 4.79 Å². The van der Waals surface area contributed by atoms with Crippen LogP contribution in [0.1, 0.15) is 40.9 Å². The molecule has 0 aromatic heterocycles. The van der Waals surface area contributed by atoms with Gasteiger partial charge in [-0.05, 0) is 68.1 Å². The van der Waals surface area contributed by atoms with Crippen LogP contribution in [-0.2, 0) is 11.2 Å². The number of rotatable bonds is 6. The number of phenols is 1. The summed E-state index contributed by atoms with van der Waals surface area (Å²) in [6.45, 7) is 7.82. The van der Waals surface area contributed by atoms with Gasteiger partial charge in [-0.1, -0.05) is 18.7 Å². The topological polar surface area (TPSA) is 55.8 Å². The Balaban J connectivity index is 2.55. The number of hydrogen-bond donors (Lipinski definition) is 1. The van der Waals surface area contributed by atoms with Crippen LogP contribution in [0.3, 0.4) is 0 Å². The van der Waals surface area contributed by atoms with E-state index >= 15 is 0 Å². The van der Waals surface area contributed by atoms with Gasteiger partial charge in [0, 0.05) is 9.79 Å². The molecule has 0 radical (unpaired) electrons. The molecule has 0 heterocycles. The van der Waals surface area contributed by atoms with Gasteiger partial charge in [0.05, 0.1) is 13.7 Å². The molecule has 1 N–H and O–H groups in total. The second kappa shape index (κ2) is 8.30. The number of benzene rings is 2. The first-order chi connectivity index (χ1) is 11.9. The number of carbonyl (C=O) groups excluding carboxylic acids is 1. The van der Waals surface area contributed by atoms with Gasteiger partial charge in [-0.2, -0.15) is 0 Å². The Labute approximate surface area is 153 Å². The van der Waals surface area contributed by atoms with Crippen molar-refractivity contribution in [2.75, 3.05) is 13.7 Å².